The first-order valence-corrected chi connectivity index (χ1v) is 6.12. The van der Waals surface area contributed by atoms with E-state index >= 15 is 0 Å². The van der Waals surface area contributed by atoms with E-state index in [9.17, 15) is 14.0 Å². The van der Waals surface area contributed by atoms with Crippen LogP contribution < -0.4 is 5.32 Å². The zero-order valence-electron chi connectivity index (χ0n) is 11.2. The largest absolute Gasteiger partial charge is 0.464 e. The molecule has 2 rings (SSSR count). The molecular weight excluding hydrogens is 279 g/mol. The smallest absolute Gasteiger partial charge is 0.360 e. The Morgan fingerprint density at radius 2 is 2.24 bits per heavy atom. The fourth-order valence-electron chi connectivity index (χ4n) is 1.61. The van der Waals surface area contributed by atoms with E-state index in [-0.39, 0.29) is 24.6 Å². The highest BCUT2D eigenvalue weighted by Crippen LogP contribution is 2.09. The number of aryl methyl sites for hydroxylation is 1. The monoisotopic (exact) mass is 292 g/mol. The third-order valence-electron chi connectivity index (χ3n) is 2.61. The van der Waals surface area contributed by atoms with Crippen molar-refractivity contribution < 1.29 is 18.7 Å². The summed E-state index contributed by atoms with van der Waals surface area (Å²) in [4.78, 5) is 22.9. The van der Waals surface area contributed by atoms with Crippen molar-refractivity contribution in [1.82, 2.24) is 15.0 Å². The zero-order valence-corrected chi connectivity index (χ0v) is 11.2. The van der Waals surface area contributed by atoms with Gasteiger partial charge in [0.1, 0.15) is 5.82 Å². The summed E-state index contributed by atoms with van der Waals surface area (Å²) in [6.45, 7) is 0.241. The molecule has 1 amide bonds. The SMILES string of the molecule is COC(=O)c1cn(CCC(=O)Nc2cccc(F)c2)nn1. The molecule has 1 heterocycles. The molecule has 0 radical (unpaired) electrons. The average Bonchev–Trinajstić information content (AvgIpc) is 2.93. The molecule has 0 saturated heterocycles. The summed E-state index contributed by atoms with van der Waals surface area (Å²) in [6.07, 6.45) is 1.50. The summed E-state index contributed by atoms with van der Waals surface area (Å²) in [7, 11) is 1.24. The Hall–Kier alpha value is -2.77. The van der Waals surface area contributed by atoms with Crippen LogP contribution in [0.2, 0.25) is 0 Å². The van der Waals surface area contributed by atoms with Gasteiger partial charge in [-0.2, -0.15) is 0 Å². The van der Waals surface area contributed by atoms with E-state index in [1.807, 2.05) is 0 Å². The van der Waals surface area contributed by atoms with Crippen molar-refractivity contribution in [3.05, 3.63) is 42.0 Å². The number of aromatic nitrogens is 3. The summed E-state index contributed by atoms with van der Waals surface area (Å²) in [6, 6.07) is 5.61. The van der Waals surface area contributed by atoms with Crippen LogP contribution in [0.25, 0.3) is 0 Å². The molecule has 7 nitrogen and oxygen atoms in total. The highest BCUT2D eigenvalue weighted by atomic mass is 19.1. The van der Waals surface area contributed by atoms with Crippen LogP contribution in [0.5, 0.6) is 0 Å². The van der Waals surface area contributed by atoms with Crippen molar-refractivity contribution in [2.24, 2.45) is 0 Å². The Kier molecular flexibility index (Phi) is 4.60. The second-order valence-electron chi connectivity index (χ2n) is 4.17. The molecule has 0 saturated carbocycles. The van der Waals surface area contributed by atoms with Gasteiger partial charge in [0.2, 0.25) is 5.91 Å². The van der Waals surface area contributed by atoms with Crippen LogP contribution in [0.4, 0.5) is 10.1 Å². The van der Waals surface area contributed by atoms with Crippen molar-refractivity contribution in [1.29, 1.82) is 0 Å². The van der Waals surface area contributed by atoms with Gasteiger partial charge in [0, 0.05) is 12.1 Å². The maximum absolute atomic E-state index is 13.0. The number of hydrogen-bond donors (Lipinski definition) is 1. The molecule has 8 heteroatoms. The summed E-state index contributed by atoms with van der Waals surface area (Å²) in [5.74, 6) is -1.31. The van der Waals surface area contributed by atoms with Crippen LogP contribution in [0, 0.1) is 5.82 Å². The molecule has 0 bridgehead atoms. The normalized spacial score (nSPS) is 10.2. The zero-order chi connectivity index (χ0) is 15.2. The van der Waals surface area contributed by atoms with Crippen LogP contribution in [0.15, 0.2) is 30.5 Å². The molecule has 0 spiro atoms. The number of hydrogen-bond acceptors (Lipinski definition) is 5. The molecule has 0 aliphatic heterocycles. The van der Waals surface area contributed by atoms with Gasteiger partial charge in [0.25, 0.3) is 0 Å². The number of halogens is 1. The fourth-order valence-corrected chi connectivity index (χ4v) is 1.61. The summed E-state index contributed by atoms with van der Waals surface area (Å²) >= 11 is 0. The first kappa shape index (κ1) is 14.6. The molecule has 0 aliphatic rings. The first-order valence-electron chi connectivity index (χ1n) is 6.12. The predicted octanol–water partition coefficient (Wildman–Crippen LogP) is 1.23. The summed E-state index contributed by atoms with van der Waals surface area (Å²) in [5.41, 5.74) is 0.455. The lowest BCUT2D eigenvalue weighted by atomic mass is 10.3. The number of anilines is 1. The van der Waals surface area contributed by atoms with Gasteiger partial charge in [-0.05, 0) is 18.2 Å². The van der Waals surface area contributed by atoms with E-state index in [4.69, 9.17) is 0 Å². The number of esters is 1. The van der Waals surface area contributed by atoms with E-state index in [1.165, 1.54) is 36.2 Å². The van der Waals surface area contributed by atoms with Gasteiger partial charge in [-0.15, -0.1) is 5.10 Å². The molecule has 1 aromatic carbocycles. The third-order valence-corrected chi connectivity index (χ3v) is 2.61. The lowest BCUT2D eigenvalue weighted by molar-refractivity contribution is -0.116. The molecule has 0 atom stereocenters. The molecule has 2 aromatic rings. The average molecular weight is 292 g/mol. The molecule has 21 heavy (non-hydrogen) atoms. The molecule has 0 unspecified atom stereocenters. The minimum atomic E-state index is -0.592. The number of amides is 1. The van der Waals surface area contributed by atoms with Crippen LogP contribution >= 0.6 is 0 Å². The van der Waals surface area contributed by atoms with Crippen molar-refractivity contribution in [3.63, 3.8) is 0 Å². The molecule has 110 valence electrons. The van der Waals surface area contributed by atoms with Crippen molar-refractivity contribution in [3.8, 4) is 0 Å². The Labute approximate surface area is 119 Å². The quantitative estimate of drug-likeness (QED) is 0.838. The number of nitrogens with one attached hydrogen (secondary N) is 1. The van der Waals surface area contributed by atoms with Gasteiger partial charge in [-0.1, -0.05) is 11.3 Å². The second-order valence-corrected chi connectivity index (χ2v) is 4.17. The van der Waals surface area contributed by atoms with Crippen LogP contribution in [0.1, 0.15) is 16.9 Å². The maximum atomic E-state index is 13.0. The van der Waals surface area contributed by atoms with Gasteiger partial charge in [0.05, 0.1) is 19.9 Å². The molecule has 1 aromatic heterocycles. The van der Waals surface area contributed by atoms with Crippen LogP contribution in [0.3, 0.4) is 0 Å². The highest BCUT2D eigenvalue weighted by Gasteiger charge is 2.11. The number of carbonyl (C=O) groups excluding carboxylic acids is 2. The highest BCUT2D eigenvalue weighted by molar-refractivity contribution is 5.90. The van der Waals surface area contributed by atoms with E-state index < -0.39 is 11.8 Å². The third kappa shape index (κ3) is 4.10. The molecular formula is C13H13FN4O3. The van der Waals surface area contributed by atoms with Crippen molar-refractivity contribution in [2.75, 3.05) is 12.4 Å². The van der Waals surface area contributed by atoms with E-state index in [1.54, 1.807) is 6.07 Å². The number of ether oxygens (including phenoxy) is 1. The maximum Gasteiger partial charge on any atom is 0.360 e. The van der Waals surface area contributed by atoms with Gasteiger partial charge < -0.3 is 10.1 Å². The van der Waals surface area contributed by atoms with Gasteiger partial charge in [0.15, 0.2) is 5.69 Å². The van der Waals surface area contributed by atoms with E-state index in [2.05, 4.69) is 20.4 Å². The Balaban J connectivity index is 1.86. The summed E-state index contributed by atoms with van der Waals surface area (Å²) in [5, 5.41) is 9.88. The predicted molar refractivity (Wildman–Crippen MR) is 71.0 cm³/mol. The molecule has 0 fully saturated rings. The van der Waals surface area contributed by atoms with Crippen molar-refractivity contribution in [2.45, 2.75) is 13.0 Å². The first-order chi connectivity index (χ1) is 10.1. The lowest BCUT2D eigenvalue weighted by Gasteiger charge is -2.04. The molecule has 1 N–H and O–H groups in total. The van der Waals surface area contributed by atoms with Crippen LogP contribution in [-0.4, -0.2) is 34.0 Å². The Morgan fingerprint density at radius 1 is 1.43 bits per heavy atom. The van der Waals surface area contributed by atoms with Crippen LogP contribution in [-0.2, 0) is 16.1 Å². The topological polar surface area (TPSA) is 86.1 Å². The standard InChI is InChI=1S/C13H13FN4O3/c1-21-13(20)11-8-18(17-16-11)6-5-12(19)15-10-4-2-3-9(14)7-10/h2-4,7-8H,5-6H2,1H3,(H,15,19). The Bertz CT molecular complexity index is 656. The summed E-state index contributed by atoms with van der Waals surface area (Å²) < 4.78 is 18.8. The second kappa shape index (κ2) is 6.60. The van der Waals surface area contributed by atoms with E-state index in [0.29, 0.717) is 5.69 Å². The van der Waals surface area contributed by atoms with E-state index in [0.717, 1.165) is 0 Å². The fraction of sp³-hybridized carbons (Fsp3) is 0.231. The Morgan fingerprint density at radius 3 is 2.95 bits per heavy atom. The number of methoxy groups -OCH3 is 1. The van der Waals surface area contributed by atoms with Gasteiger partial charge in [-0.25, -0.2) is 9.18 Å². The minimum absolute atomic E-state index is 0.0723. The molecule has 0 aliphatic carbocycles. The van der Waals surface area contributed by atoms with Crippen molar-refractivity contribution >= 4 is 17.6 Å². The number of benzene rings is 1. The number of carbonyl (C=O) groups is 2. The number of nitrogens with zero attached hydrogens (tertiary/aromatic N) is 3. The lowest BCUT2D eigenvalue weighted by Crippen LogP contribution is -2.14. The number of rotatable bonds is 5. The van der Waals surface area contributed by atoms with Gasteiger partial charge >= 0.3 is 5.97 Å². The minimum Gasteiger partial charge on any atom is -0.464 e. The van der Waals surface area contributed by atoms with Gasteiger partial charge in [-0.3, -0.25) is 9.48 Å².